The van der Waals surface area contributed by atoms with Crippen molar-refractivity contribution in [3.8, 4) is 16.3 Å². The first-order valence-corrected chi connectivity index (χ1v) is 14.1. The number of likely N-dealkylation sites (tertiary alicyclic amines) is 1. The van der Waals surface area contributed by atoms with Gasteiger partial charge in [-0.2, -0.15) is 0 Å². The molecule has 0 unspecified atom stereocenters. The molecule has 2 aromatic heterocycles. The van der Waals surface area contributed by atoms with Crippen LogP contribution in [0.5, 0.6) is 5.88 Å². The number of benzene rings is 2. The highest BCUT2D eigenvalue weighted by Gasteiger charge is 2.34. The van der Waals surface area contributed by atoms with Crippen LogP contribution in [-0.2, 0) is 7.05 Å². The van der Waals surface area contributed by atoms with Crippen LogP contribution in [0.1, 0.15) is 53.5 Å². The van der Waals surface area contributed by atoms with E-state index in [4.69, 9.17) is 21.3 Å². The Kier molecular flexibility index (Phi) is 6.80. The quantitative estimate of drug-likeness (QED) is 0.318. The molecule has 196 valence electrons. The molecule has 1 saturated carbocycles. The van der Waals surface area contributed by atoms with E-state index in [9.17, 15) is 9.59 Å². The second kappa shape index (κ2) is 10.4. The maximum atomic E-state index is 13.9. The first-order valence-electron chi connectivity index (χ1n) is 12.9. The Labute approximate surface area is 229 Å². The number of ether oxygens (including phenoxy) is 1. The molecule has 10 heteroatoms. The summed E-state index contributed by atoms with van der Waals surface area (Å²) < 4.78 is 7.22. The van der Waals surface area contributed by atoms with Gasteiger partial charge >= 0.3 is 6.09 Å². The summed E-state index contributed by atoms with van der Waals surface area (Å²) in [6, 6.07) is 15.0. The van der Waals surface area contributed by atoms with Crippen molar-refractivity contribution in [1.82, 2.24) is 25.0 Å². The molecule has 0 bridgehead atoms. The molecule has 0 radical (unpaired) electrons. The number of nitrogens with zero attached hydrogens (tertiary/aromatic N) is 4. The Morgan fingerprint density at radius 1 is 1.13 bits per heavy atom. The number of thiazole rings is 1. The van der Waals surface area contributed by atoms with Crippen LogP contribution in [0, 0.1) is 0 Å². The van der Waals surface area contributed by atoms with E-state index in [1.807, 2.05) is 60.5 Å². The molecule has 1 saturated heterocycles. The van der Waals surface area contributed by atoms with Crippen molar-refractivity contribution in [1.29, 1.82) is 0 Å². The van der Waals surface area contributed by atoms with Gasteiger partial charge in [-0.15, -0.1) is 16.4 Å². The molecule has 2 aromatic carbocycles. The molecule has 8 nitrogen and oxygen atoms in total. The van der Waals surface area contributed by atoms with Gasteiger partial charge in [-0.05, 0) is 61.9 Å². The Morgan fingerprint density at radius 3 is 2.79 bits per heavy atom. The molecule has 2 fully saturated rings. The van der Waals surface area contributed by atoms with E-state index in [0.29, 0.717) is 29.7 Å². The number of aryl methyl sites for hydroxylation is 1. The molecular formula is C28H28ClN5O3S. The summed E-state index contributed by atoms with van der Waals surface area (Å²) in [6.45, 7) is 0.915. The van der Waals surface area contributed by atoms with Crippen LogP contribution < -0.4 is 10.1 Å². The fourth-order valence-electron chi connectivity index (χ4n) is 5.01. The summed E-state index contributed by atoms with van der Waals surface area (Å²) in [4.78, 5) is 34.2. The van der Waals surface area contributed by atoms with Gasteiger partial charge < -0.3 is 15.0 Å². The topological polar surface area (TPSA) is 89.4 Å². The number of amides is 2. The molecule has 1 aliphatic carbocycles. The minimum Gasteiger partial charge on any atom is -0.389 e. The molecule has 1 atom stereocenters. The van der Waals surface area contributed by atoms with Crippen molar-refractivity contribution in [3.05, 3.63) is 64.3 Å². The van der Waals surface area contributed by atoms with E-state index in [0.717, 1.165) is 58.5 Å². The molecule has 38 heavy (non-hydrogen) atoms. The number of carbonyl (C=O) groups excluding carboxylic acids is 2. The zero-order valence-electron chi connectivity index (χ0n) is 21.0. The fourth-order valence-corrected chi connectivity index (χ4v) is 6.42. The molecule has 6 rings (SSSR count). The second-order valence-electron chi connectivity index (χ2n) is 9.88. The molecule has 1 aliphatic heterocycles. The molecule has 0 spiro atoms. The first-order chi connectivity index (χ1) is 18.5. The summed E-state index contributed by atoms with van der Waals surface area (Å²) in [5.74, 6) is 0.605. The van der Waals surface area contributed by atoms with Gasteiger partial charge in [0.05, 0.1) is 20.8 Å². The van der Waals surface area contributed by atoms with E-state index in [1.54, 1.807) is 16.0 Å². The number of hydrogen-bond acceptors (Lipinski definition) is 6. The number of hydrogen-bond donors (Lipinski definition) is 1. The Bertz CT molecular complexity index is 1510. The SMILES string of the molecule is Cn1nc(OC(=O)NC[C@@H]2CCCCN2C(=O)c2nc(C3CC3)sc2-c2cccc(Cl)c2)c2ccccc21. The number of nitrogens with one attached hydrogen (secondary N) is 1. The highest BCUT2D eigenvalue weighted by Crippen LogP contribution is 2.45. The number of piperidine rings is 1. The third-order valence-electron chi connectivity index (χ3n) is 7.14. The van der Waals surface area contributed by atoms with Gasteiger partial charge in [0.2, 0.25) is 0 Å². The zero-order chi connectivity index (χ0) is 26.2. The molecular weight excluding hydrogens is 522 g/mol. The predicted molar refractivity (Wildman–Crippen MR) is 148 cm³/mol. The first kappa shape index (κ1) is 24.9. The zero-order valence-corrected chi connectivity index (χ0v) is 22.6. The lowest BCUT2D eigenvalue weighted by Gasteiger charge is -2.35. The van der Waals surface area contributed by atoms with E-state index in [2.05, 4.69) is 10.4 Å². The van der Waals surface area contributed by atoms with Crippen LogP contribution in [0.3, 0.4) is 0 Å². The third-order valence-corrected chi connectivity index (χ3v) is 8.65. The van der Waals surface area contributed by atoms with Crippen LogP contribution in [-0.4, -0.2) is 50.8 Å². The minimum absolute atomic E-state index is 0.0984. The van der Waals surface area contributed by atoms with Crippen LogP contribution in [0.4, 0.5) is 4.79 Å². The van der Waals surface area contributed by atoms with Gasteiger partial charge in [0.15, 0.2) is 0 Å². The van der Waals surface area contributed by atoms with Crippen LogP contribution in [0.2, 0.25) is 5.02 Å². The minimum atomic E-state index is -0.587. The van der Waals surface area contributed by atoms with E-state index >= 15 is 0 Å². The van der Waals surface area contributed by atoms with E-state index in [1.165, 1.54) is 0 Å². The van der Waals surface area contributed by atoms with Crippen LogP contribution >= 0.6 is 22.9 Å². The van der Waals surface area contributed by atoms with Crippen LogP contribution in [0.25, 0.3) is 21.3 Å². The van der Waals surface area contributed by atoms with Gasteiger partial charge in [-0.25, -0.2) is 9.78 Å². The van der Waals surface area contributed by atoms with E-state index in [-0.39, 0.29) is 17.8 Å². The smallest absolute Gasteiger partial charge is 0.389 e. The number of rotatable bonds is 6. The average molecular weight is 550 g/mol. The molecule has 4 aromatic rings. The summed E-state index contributed by atoms with van der Waals surface area (Å²) in [5.41, 5.74) is 2.26. The van der Waals surface area contributed by atoms with Gasteiger partial charge in [0, 0.05) is 37.1 Å². The fraction of sp³-hybridized carbons (Fsp3) is 0.357. The van der Waals surface area contributed by atoms with Crippen molar-refractivity contribution in [2.75, 3.05) is 13.1 Å². The summed E-state index contributed by atoms with van der Waals surface area (Å²) in [5, 5.41) is 9.59. The number of fused-ring (bicyclic) bond motifs is 1. The largest absolute Gasteiger partial charge is 0.414 e. The molecule has 2 aliphatic rings. The highest BCUT2D eigenvalue weighted by molar-refractivity contribution is 7.15. The van der Waals surface area contributed by atoms with Crippen molar-refractivity contribution in [2.24, 2.45) is 7.05 Å². The van der Waals surface area contributed by atoms with E-state index < -0.39 is 6.09 Å². The third kappa shape index (κ3) is 5.00. The van der Waals surface area contributed by atoms with Crippen LogP contribution in [0.15, 0.2) is 48.5 Å². The Balaban J connectivity index is 1.19. The number of halogens is 1. The van der Waals surface area contributed by atoms with Gasteiger partial charge in [0.1, 0.15) is 5.69 Å². The Morgan fingerprint density at radius 2 is 1.97 bits per heavy atom. The Hall–Kier alpha value is -3.43. The molecule has 2 amide bonds. The summed E-state index contributed by atoms with van der Waals surface area (Å²) in [6.07, 6.45) is 4.33. The standard InChI is InChI=1S/C28H28ClN5O3S/c1-33-22-11-3-2-10-21(22)25(32-33)37-28(36)30-16-20-9-4-5-14-34(20)27(35)23-24(18-7-6-8-19(29)15-18)38-26(31-23)17-12-13-17/h2-3,6-8,10-11,15,17,20H,4-5,9,12-14,16H2,1H3,(H,30,36)/t20-/m0/s1. The lowest BCUT2D eigenvalue weighted by molar-refractivity contribution is 0.0607. The van der Waals surface area contributed by atoms with Crippen molar-refractivity contribution in [3.63, 3.8) is 0 Å². The number of para-hydroxylation sites is 1. The van der Waals surface area contributed by atoms with Gasteiger partial charge in [0.25, 0.3) is 11.8 Å². The number of carbonyl (C=O) groups is 2. The molecule has 1 N–H and O–H groups in total. The second-order valence-corrected chi connectivity index (χ2v) is 11.3. The maximum absolute atomic E-state index is 13.9. The number of aromatic nitrogens is 3. The normalized spacial score (nSPS) is 17.5. The van der Waals surface area contributed by atoms with Crippen molar-refractivity contribution in [2.45, 2.75) is 44.1 Å². The summed E-state index contributed by atoms with van der Waals surface area (Å²) >= 11 is 7.87. The predicted octanol–water partition coefficient (Wildman–Crippen LogP) is 6.01. The molecule has 3 heterocycles. The van der Waals surface area contributed by atoms with Crippen molar-refractivity contribution >= 4 is 45.8 Å². The van der Waals surface area contributed by atoms with Gasteiger partial charge in [-0.3, -0.25) is 9.48 Å². The lowest BCUT2D eigenvalue weighted by atomic mass is 10.0. The lowest BCUT2D eigenvalue weighted by Crippen LogP contribution is -2.50. The summed E-state index contributed by atoms with van der Waals surface area (Å²) in [7, 11) is 1.81. The monoisotopic (exact) mass is 549 g/mol. The van der Waals surface area contributed by atoms with Gasteiger partial charge in [-0.1, -0.05) is 35.9 Å². The maximum Gasteiger partial charge on any atom is 0.414 e. The highest BCUT2D eigenvalue weighted by atomic mass is 35.5. The van der Waals surface area contributed by atoms with Crippen molar-refractivity contribution < 1.29 is 14.3 Å². The average Bonchev–Trinajstić information content (AvgIpc) is 3.61.